The smallest absolute Gasteiger partial charge is 0.356 e. The molecule has 5 rings (SSSR count). The number of hydrogen-bond donors (Lipinski definition) is 0. The van der Waals surface area contributed by atoms with Crippen molar-refractivity contribution in [1.82, 2.24) is 24.5 Å². The first-order valence-electron chi connectivity index (χ1n) is 11.8. The van der Waals surface area contributed by atoms with Gasteiger partial charge < -0.3 is 9.80 Å². The Morgan fingerprint density at radius 1 is 1.17 bits per heavy atom. The summed E-state index contributed by atoms with van der Waals surface area (Å²) in [7, 11) is 0. The van der Waals surface area contributed by atoms with Crippen molar-refractivity contribution in [2.24, 2.45) is 5.92 Å². The SMILES string of the molecule is Cc1cn2nc([C@@H]3CCCCN3C(=O)c3ncc(Cl)cc3C(F)(F)F)cc2nc1N1CC[C@H](C)C1. The molecule has 0 aliphatic carbocycles. The van der Waals surface area contributed by atoms with Crippen LogP contribution in [0.3, 0.4) is 0 Å². The summed E-state index contributed by atoms with van der Waals surface area (Å²) in [5.74, 6) is 0.759. The van der Waals surface area contributed by atoms with Gasteiger partial charge in [-0.25, -0.2) is 14.5 Å². The molecule has 1 amide bonds. The summed E-state index contributed by atoms with van der Waals surface area (Å²) in [5.41, 5.74) is 0.490. The third-order valence-corrected chi connectivity index (χ3v) is 7.02. The molecule has 2 saturated heterocycles. The van der Waals surface area contributed by atoms with Crippen LogP contribution < -0.4 is 4.90 Å². The standard InChI is InChI=1S/C24H26ClF3N6O/c1-14-6-8-32(12-14)22-15(2)13-34-20(30-22)10-18(31-34)19-5-3-4-7-33(19)23(35)21-17(24(26,27)28)9-16(25)11-29-21/h9-11,13-14,19H,3-8,12H2,1-2H3/t14-,19-/m0/s1. The van der Waals surface area contributed by atoms with E-state index in [1.165, 1.54) is 4.90 Å². The first kappa shape index (κ1) is 23.8. The van der Waals surface area contributed by atoms with Crippen LogP contribution in [0, 0.1) is 12.8 Å². The van der Waals surface area contributed by atoms with Crippen molar-refractivity contribution in [3.63, 3.8) is 0 Å². The molecule has 186 valence electrons. The number of aromatic nitrogens is 4. The highest BCUT2D eigenvalue weighted by atomic mass is 35.5. The number of alkyl halides is 3. The van der Waals surface area contributed by atoms with Crippen molar-refractivity contribution in [3.8, 4) is 0 Å². The fourth-order valence-electron chi connectivity index (χ4n) is 5.07. The van der Waals surface area contributed by atoms with Gasteiger partial charge in [0.25, 0.3) is 5.91 Å². The number of pyridine rings is 1. The van der Waals surface area contributed by atoms with Gasteiger partial charge in [-0.3, -0.25) is 4.79 Å². The zero-order valence-electron chi connectivity index (χ0n) is 19.5. The molecular weight excluding hydrogens is 481 g/mol. The molecule has 2 aliphatic rings. The lowest BCUT2D eigenvalue weighted by atomic mass is 9.98. The van der Waals surface area contributed by atoms with E-state index in [2.05, 4.69) is 21.9 Å². The summed E-state index contributed by atoms with van der Waals surface area (Å²) in [6, 6.07) is 2.12. The average Bonchev–Trinajstić information content (AvgIpc) is 3.43. The van der Waals surface area contributed by atoms with E-state index in [1.54, 1.807) is 4.52 Å². The number of carbonyl (C=O) groups excluding carboxylic acids is 1. The molecular formula is C24H26ClF3N6O. The van der Waals surface area contributed by atoms with Crippen molar-refractivity contribution in [1.29, 1.82) is 0 Å². The zero-order chi connectivity index (χ0) is 24.9. The average molecular weight is 507 g/mol. The monoisotopic (exact) mass is 506 g/mol. The molecule has 3 aromatic heterocycles. The molecule has 0 bridgehead atoms. The predicted molar refractivity (Wildman–Crippen MR) is 126 cm³/mol. The second kappa shape index (κ2) is 8.96. The van der Waals surface area contributed by atoms with E-state index < -0.39 is 29.4 Å². The minimum atomic E-state index is -4.75. The van der Waals surface area contributed by atoms with E-state index >= 15 is 0 Å². The Hall–Kier alpha value is -2.88. The highest BCUT2D eigenvalue weighted by Gasteiger charge is 2.40. The number of likely N-dealkylation sites (tertiary alicyclic amines) is 1. The Morgan fingerprint density at radius 3 is 2.69 bits per heavy atom. The van der Waals surface area contributed by atoms with Gasteiger partial charge in [0.2, 0.25) is 0 Å². The van der Waals surface area contributed by atoms with Crippen molar-refractivity contribution in [3.05, 3.63) is 52.1 Å². The Morgan fingerprint density at radius 2 is 1.97 bits per heavy atom. The lowest BCUT2D eigenvalue weighted by molar-refractivity contribution is -0.138. The molecule has 0 spiro atoms. The first-order valence-corrected chi connectivity index (χ1v) is 12.1. The van der Waals surface area contributed by atoms with Gasteiger partial charge >= 0.3 is 6.18 Å². The number of fused-ring (bicyclic) bond motifs is 1. The van der Waals surface area contributed by atoms with E-state index in [4.69, 9.17) is 16.6 Å². The van der Waals surface area contributed by atoms with Crippen LogP contribution in [-0.2, 0) is 6.18 Å². The maximum Gasteiger partial charge on any atom is 0.418 e. The normalized spacial score (nSPS) is 21.2. The third-order valence-electron chi connectivity index (χ3n) is 6.81. The topological polar surface area (TPSA) is 66.6 Å². The molecule has 0 N–H and O–H groups in total. The molecule has 5 heterocycles. The van der Waals surface area contributed by atoms with Crippen LogP contribution in [0.25, 0.3) is 5.65 Å². The van der Waals surface area contributed by atoms with Crippen molar-refractivity contribution in [2.75, 3.05) is 24.5 Å². The molecule has 7 nitrogen and oxygen atoms in total. The summed E-state index contributed by atoms with van der Waals surface area (Å²) in [6.45, 7) is 6.44. The summed E-state index contributed by atoms with van der Waals surface area (Å²) < 4.78 is 42.6. The summed E-state index contributed by atoms with van der Waals surface area (Å²) >= 11 is 5.75. The molecule has 35 heavy (non-hydrogen) atoms. The number of piperidine rings is 1. The van der Waals surface area contributed by atoms with E-state index in [0.717, 1.165) is 49.6 Å². The van der Waals surface area contributed by atoms with Crippen molar-refractivity contribution in [2.45, 2.75) is 51.7 Å². The van der Waals surface area contributed by atoms with E-state index in [9.17, 15) is 18.0 Å². The van der Waals surface area contributed by atoms with Gasteiger partial charge in [-0.15, -0.1) is 0 Å². The highest BCUT2D eigenvalue weighted by Crippen LogP contribution is 2.37. The number of amides is 1. The van der Waals surface area contributed by atoms with E-state index in [-0.39, 0.29) is 5.02 Å². The van der Waals surface area contributed by atoms with E-state index in [1.807, 2.05) is 19.2 Å². The van der Waals surface area contributed by atoms with Crippen LogP contribution >= 0.6 is 11.6 Å². The molecule has 11 heteroatoms. The molecule has 2 fully saturated rings. The second-order valence-electron chi connectivity index (χ2n) is 9.52. The fraction of sp³-hybridized carbons (Fsp3) is 0.500. The summed E-state index contributed by atoms with van der Waals surface area (Å²) in [4.78, 5) is 25.7. The second-order valence-corrected chi connectivity index (χ2v) is 9.95. The van der Waals surface area contributed by atoms with Crippen LogP contribution in [-0.4, -0.2) is 50.0 Å². The number of aryl methyl sites for hydroxylation is 1. The van der Waals surface area contributed by atoms with Crippen molar-refractivity contribution < 1.29 is 18.0 Å². The summed E-state index contributed by atoms with van der Waals surface area (Å²) in [5, 5.41) is 4.50. The van der Waals surface area contributed by atoms with Gasteiger partial charge in [-0.1, -0.05) is 18.5 Å². The summed E-state index contributed by atoms with van der Waals surface area (Å²) in [6.07, 6.45) is 1.49. The van der Waals surface area contributed by atoms with Gasteiger partial charge in [-0.2, -0.15) is 18.3 Å². The van der Waals surface area contributed by atoms with Crippen LogP contribution in [0.2, 0.25) is 5.02 Å². The highest BCUT2D eigenvalue weighted by molar-refractivity contribution is 6.30. The Bertz CT molecular complexity index is 1280. The molecule has 3 aromatic rings. The maximum atomic E-state index is 13.6. The van der Waals surface area contributed by atoms with Gasteiger partial charge in [0, 0.05) is 43.7 Å². The first-order chi connectivity index (χ1) is 16.6. The van der Waals surface area contributed by atoms with Crippen LogP contribution in [0.1, 0.15) is 66.0 Å². The van der Waals surface area contributed by atoms with Crippen LogP contribution in [0.4, 0.5) is 19.0 Å². The number of anilines is 1. The third kappa shape index (κ3) is 4.55. The molecule has 2 aliphatic heterocycles. The molecule has 0 unspecified atom stereocenters. The van der Waals surface area contributed by atoms with Gasteiger partial charge in [0.05, 0.1) is 22.3 Å². The quantitative estimate of drug-likeness (QED) is 0.481. The van der Waals surface area contributed by atoms with Crippen LogP contribution in [0.5, 0.6) is 0 Å². The zero-order valence-corrected chi connectivity index (χ0v) is 20.3. The van der Waals surface area contributed by atoms with Gasteiger partial charge in [0.1, 0.15) is 11.5 Å². The van der Waals surface area contributed by atoms with E-state index in [0.29, 0.717) is 36.6 Å². The maximum absolute atomic E-state index is 13.6. The largest absolute Gasteiger partial charge is 0.418 e. The van der Waals surface area contributed by atoms with Gasteiger partial charge in [-0.05, 0) is 44.6 Å². The lowest BCUT2D eigenvalue weighted by Crippen LogP contribution is -2.40. The van der Waals surface area contributed by atoms with Crippen molar-refractivity contribution >= 4 is 29.0 Å². The molecule has 2 atom stereocenters. The number of hydrogen-bond acceptors (Lipinski definition) is 5. The number of rotatable bonds is 3. The van der Waals surface area contributed by atoms with Gasteiger partial charge in [0.15, 0.2) is 5.65 Å². The number of halogens is 4. The predicted octanol–water partition coefficient (Wildman–Crippen LogP) is 5.32. The number of carbonyl (C=O) groups is 1. The molecule has 0 radical (unpaired) electrons. The lowest BCUT2D eigenvalue weighted by Gasteiger charge is -2.35. The minimum absolute atomic E-state index is 0.172. The Balaban J connectivity index is 1.49. The fourth-order valence-corrected chi connectivity index (χ4v) is 5.23. The minimum Gasteiger partial charge on any atom is -0.356 e. The Kier molecular flexibility index (Phi) is 6.11. The molecule has 0 saturated carbocycles. The van der Waals surface area contributed by atoms with Crippen LogP contribution in [0.15, 0.2) is 24.5 Å². The number of nitrogens with zero attached hydrogens (tertiary/aromatic N) is 6. The Labute approximate surface area is 205 Å². The molecule has 0 aromatic carbocycles.